The third-order valence-corrected chi connectivity index (χ3v) is 3.39. The highest BCUT2D eigenvalue weighted by molar-refractivity contribution is 9.10. The Morgan fingerprint density at radius 3 is 2.62 bits per heavy atom. The molecule has 0 aliphatic rings. The molecule has 1 amide bonds. The molecule has 0 atom stereocenters. The summed E-state index contributed by atoms with van der Waals surface area (Å²) < 4.78 is 2.55. The Kier molecular flexibility index (Phi) is 3.79. The lowest BCUT2D eigenvalue weighted by atomic mass is 10.2. The monoisotopic (exact) mass is 342 g/mol. The van der Waals surface area contributed by atoms with Crippen LogP contribution in [0.2, 0.25) is 0 Å². The Morgan fingerprint density at radius 2 is 1.95 bits per heavy atom. The summed E-state index contributed by atoms with van der Waals surface area (Å²) in [6.07, 6.45) is 3.07. The summed E-state index contributed by atoms with van der Waals surface area (Å²) in [5, 5.41) is 6.89. The van der Waals surface area contributed by atoms with Crippen LogP contribution in [-0.2, 0) is 0 Å². The zero-order valence-electron chi connectivity index (χ0n) is 10.9. The number of halogens is 1. The smallest absolute Gasteiger partial charge is 0.255 e. The molecule has 6 heteroatoms. The van der Waals surface area contributed by atoms with Gasteiger partial charge in [0.05, 0.1) is 5.69 Å². The quantitative estimate of drug-likeness (QED) is 0.794. The highest BCUT2D eigenvalue weighted by Crippen LogP contribution is 2.17. The fourth-order valence-electron chi connectivity index (χ4n) is 1.88. The number of hydrogen-bond donors (Lipinski definition) is 1. The number of benzene rings is 2. The Labute approximate surface area is 129 Å². The van der Waals surface area contributed by atoms with Crippen molar-refractivity contribution in [1.82, 2.24) is 14.8 Å². The van der Waals surface area contributed by atoms with Gasteiger partial charge < -0.3 is 5.32 Å². The molecule has 2 aromatic carbocycles. The van der Waals surface area contributed by atoms with Crippen LogP contribution in [0, 0.1) is 0 Å². The van der Waals surface area contributed by atoms with Crippen LogP contribution in [0.15, 0.2) is 65.7 Å². The van der Waals surface area contributed by atoms with Gasteiger partial charge in [-0.1, -0.05) is 22.0 Å². The lowest BCUT2D eigenvalue weighted by Gasteiger charge is -2.06. The number of amides is 1. The largest absolute Gasteiger partial charge is 0.322 e. The molecule has 3 aromatic rings. The van der Waals surface area contributed by atoms with Gasteiger partial charge in [0.2, 0.25) is 0 Å². The number of carbonyl (C=O) groups is 1. The number of nitrogens with one attached hydrogen (secondary N) is 1. The van der Waals surface area contributed by atoms with E-state index in [1.54, 1.807) is 23.1 Å². The number of nitrogens with zero attached hydrogens (tertiary/aromatic N) is 3. The first-order chi connectivity index (χ1) is 10.2. The maximum Gasteiger partial charge on any atom is 0.255 e. The standard InChI is InChI=1S/C15H11BrN4O/c16-12-2-1-3-13(8-12)19-15(21)11-4-6-14(7-5-11)20-10-17-9-18-20/h1-10H,(H,19,21). The minimum absolute atomic E-state index is 0.154. The van der Waals surface area contributed by atoms with E-state index in [2.05, 4.69) is 31.3 Å². The number of carbonyl (C=O) groups excluding carboxylic acids is 1. The molecule has 3 rings (SSSR count). The van der Waals surface area contributed by atoms with Crippen molar-refractivity contribution in [2.75, 3.05) is 5.32 Å². The fourth-order valence-corrected chi connectivity index (χ4v) is 2.28. The van der Waals surface area contributed by atoms with Crippen molar-refractivity contribution in [3.63, 3.8) is 0 Å². The second-order valence-corrected chi connectivity index (χ2v) is 5.27. The summed E-state index contributed by atoms with van der Waals surface area (Å²) in [6.45, 7) is 0. The van der Waals surface area contributed by atoms with E-state index < -0.39 is 0 Å². The zero-order valence-corrected chi connectivity index (χ0v) is 12.5. The fraction of sp³-hybridized carbons (Fsp3) is 0. The van der Waals surface area contributed by atoms with Gasteiger partial charge in [0.1, 0.15) is 12.7 Å². The van der Waals surface area contributed by atoms with Gasteiger partial charge >= 0.3 is 0 Å². The van der Waals surface area contributed by atoms with Crippen LogP contribution >= 0.6 is 15.9 Å². The van der Waals surface area contributed by atoms with Crippen LogP contribution < -0.4 is 5.32 Å². The lowest BCUT2D eigenvalue weighted by Crippen LogP contribution is -2.11. The van der Waals surface area contributed by atoms with Crippen molar-refractivity contribution in [3.8, 4) is 5.69 Å². The summed E-state index contributed by atoms with van der Waals surface area (Å²) in [5.74, 6) is -0.154. The number of hydrogen-bond acceptors (Lipinski definition) is 3. The van der Waals surface area contributed by atoms with Gasteiger partial charge in [-0.05, 0) is 42.5 Å². The minimum atomic E-state index is -0.154. The molecule has 0 radical (unpaired) electrons. The predicted octanol–water partition coefficient (Wildman–Crippen LogP) is 3.28. The molecule has 0 aliphatic carbocycles. The topological polar surface area (TPSA) is 59.8 Å². The second kappa shape index (κ2) is 5.88. The summed E-state index contributed by atoms with van der Waals surface area (Å²) in [6, 6.07) is 14.6. The van der Waals surface area contributed by atoms with Crippen LogP contribution in [-0.4, -0.2) is 20.7 Å². The molecule has 0 spiro atoms. The van der Waals surface area contributed by atoms with E-state index in [0.717, 1.165) is 15.8 Å². The van der Waals surface area contributed by atoms with Crippen LogP contribution in [0.1, 0.15) is 10.4 Å². The van der Waals surface area contributed by atoms with E-state index in [9.17, 15) is 4.79 Å². The van der Waals surface area contributed by atoms with E-state index in [0.29, 0.717) is 5.56 Å². The minimum Gasteiger partial charge on any atom is -0.322 e. The van der Waals surface area contributed by atoms with Crippen molar-refractivity contribution in [3.05, 3.63) is 71.2 Å². The van der Waals surface area contributed by atoms with E-state index in [4.69, 9.17) is 0 Å². The molecule has 0 fully saturated rings. The SMILES string of the molecule is O=C(Nc1cccc(Br)c1)c1ccc(-n2cncn2)cc1. The van der Waals surface area contributed by atoms with Crippen LogP contribution in [0.4, 0.5) is 5.69 Å². The first-order valence-corrected chi connectivity index (χ1v) is 7.04. The van der Waals surface area contributed by atoms with Crippen LogP contribution in [0.5, 0.6) is 0 Å². The number of rotatable bonds is 3. The first kappa shape index (κ1) is 13.5. The van der Waals surface area contributed by atoms with Crippen molar-refractivity contribution < 1.29 is 4.79 Å². The van der Waals surface area contributed by atoms with Crippen molar-refractivity contribution in [1.29, 1.82) is 0 Å². The van der Waals surface area contributed by atoms with Crippen molar-refractivity contribution >= 4 is 27.5 Å². The van der Waals surface area contributed by atoms with Crippen molar-refractivity contribution in [2.45, 2.75) is 0 Å². The third kappa shape index (κ3) is 3.17. The van der Waals surface area contributed by atoms with Gasteiger partial charge in [-0.3, -0.25) is 4.79 Å². The van der Waals surface area contributed by atoms with Crippen molar-refractivity contribution in [2.24, 2.45) is 0 Å². The maximum absolute atomic E-state index is 12.2. The highest BCUT2D eigenvalue weighted by Gasteiger charge is 2.06. The highest BCUT2D eigenvalue weighted by atomic mass is 79.9. The molecule has 0 unspecified atom stereocenters. The molecule has 0 aliphatic heterocycles. The molecule has 104 valence electrons. The number of aromatic nitrogens is 3. The molecule has 0 bridgehead atoms. The normalized spacial score (nSPS) is 10.3. The van der Waals surface area contributed by atoms with E-state index in [1.165, 1.54) is 6.33 Å². The lowest BCUT2D eigenvalue weighted by molar-refractivity contribution is 0.102. The average molecular weight is 343 g/mol. The molecule has 1 aromatic heterocycles. The Bertz CT molecular complexity index is 754. The summed E-state index contributed by atoms with van der Waals surface area (Å²) in [5.41, 5.74) is 2.18. The third-order valence-electron chi connectivity index (χ3n) is 2.90. The molecular formula is C15H11BrN4O. The van der Waals surface area contributed by atoms with Gasteiger partial charge in [-0.15, -0.1) is 0 Å². The second-order valence-electron chi connectivity index (χ2n) is 4.35. The molecule has 21 heavy (non-hydrogen) atoms. The summed E-state index contributed by atoms with van der Waals surface area (Å²) >= 11 is 3.37. The van der Waals surface area contributed by atoms with Gasteiger partial charge in [0.15, 0.2) is 0 Å². The zero-order chi connectivity index (χ0) is 14.7. The summed E-state index contributed by atoms with van der Waals surface area (Å²) in [7, 11) is 0. The number of anilines is 1. The predicted molar refractivity (Wildman–Crippen MR) is 83.5 cm³/mol. The molecule has 0 saturated heterocycles. The average Bonchev–Trinajstić information content (AvgIpc) is 3.01. The van der Waals surface area contributed by atoms with E-state index in [1.807, 2.05) is 36.4 Å². The molecule has 1 heterocycles. The molecular weight excluding hydrogens is 332 g/mol. The van der Waals surface area contributed by atoms with Gasteiger partial charge in [0, 0.05) is 15.7 Å². The van der Waals surface area contributed by atoms with Crippen LogP contribution in [0.3, 0.4) is 0 Å². The molecule has 0 saturated carbocycles. The molecule has 5 nitrogen and oxygen atoms in total. The molecule has 1 N–H and O–H groups in total. The summed E-state index contributed by atoms with van der Waals surface area (Å²) in [4.78, 5) is 16.1. The van der Waals surface area contributed by atoms with E-state index >= 15 is 0 Å². The first-order valence-electron chi connectivity index (χ1n) is 6.24. The Morgan fingerprint density at radius 1 is 1.14 bits per heavy atom. The Hall–Kier alpha value is -2.47. The van der Waals surface area contributed by atoms with Gasteiger partial charge in [-0.25, -0.2) is 9.67 Å². The Balaban J connectivity index is 1.76. The van der Waals surface area contributed by atoms with Crippen LogP contribution in [0.25, 0.3) is 5.69 Å². The maximum atomic E-state index is 12.2. The van der Waals surface area contributed by atoms with E-state index in [-0.39, 0.29) is 5.91 Å². The van der Waals surface area contributed by atoms with Gasteiger partial charge in [-0.2, -0.15) is 5.10 Å². The van der Waals surface area contributed by atoms with Gasteiger partial charge in [0.25, 0.3) is 5.91 Å².